The summed E-state index contributed by atoms with van der Waals surface area (Å²) in [6.07, 6.45) is 0. The molecule has 17 heavy (non-hydrogen) atoms. The first kappa shape index (κ1) is 11.8. The van der Waals surface area contributed by atoms with E-state index in [1.165, 1.54) is 5.56 Å². The number of nitrogens with one attached hydrogen (secondary N) is 1. The van der Waals surface area contributed by atoms with E-state index in [1.807, 2.05) is 32.9 Å². The smallest absolute Gasteiger partial charge is 0.250 e. The molecule has 90 valence electrons. The molecule has 0 bridgehead atoms. The third-order valence-electron chi connectivity index (χ3n) is 3.05. The number of amidine groups is 1. The van der Waals surface area contributed by atoms with E-state index in [0.717, 1.165) is 11.1 Å². The van der Waals surface area contributed by atoms with Gasteiger partial charge in [0, 0.05) is 5.56 Å². The molecule has 0 saturated carbocycles. The van der Waals surface area contributed by atoms with Crippen LogP contribution in [0.2, 0.25) is 0 Å². The summed E-state index contributed by atoms with van der Waals surface area (Å²) in [4.78, 5) is 16.2. The zero-order chi connectivity index (χ0) is 12.6. The van der Waals surface area contributed by atoms with Gasteiger partial charge in [-0.05, 0) is 25.3 Å². The predicted octanol–water partition coefficient (Wildman–Crippen LogP) is 2.20. The van der Waals surface area contributed by atoms with E-state index in [1.54, 1.807) is 0 Å². The zero-order valence-corrected chi connectivity index (χ0v) is 10.7. The van der Waals surface area contributed by atoms with E-state index < -0.39 is 0 Å². The van der Waals surface area contributed by atoms with Gasteiger partial charge in [-0.3, -0.25) is 9.79 Å². The minimum atomic E-state index is -0.245. The molecule has 1 heterocycles. The molecule has 0 spiro atoms. The highest BCUT2D eigenvalue weighted by atomic mass is 16.2. The highest BCUT2D eigenvalue weighted by Gasteiger charge is 2.29. The lowest BCUT2D eigenvalue weighted by Gasteiger charge is -2.06. The number of carbonyl (C=O) groups excluding carboxylic acids is 1. The maximum atomic E-state index is 11.8. The summed E-state index contributed by atoms with van der Waals surface area (Å²) in [7, 11) is 0. The Bertz CT molecular complexity index is 489. The molecular formula is C14H18N2O. The van der Waals surface area contributed by atoms with Crippen molar-refractivity contribution in [3.8, 4) is 0 Å². The molecule has 2 rings (SSSR count). The van der Waals surface area contributed by atoms with Crippen molar-refractivity contribution < 1.29 is 4.79 Å². The number of amides is 1. The minimum Gasteiger partial charge on any atom is -0.309 e. The lowest BCUT2D eigenvalue weighted by molar-refractivity contribution is -0.120. The van der Waals surface area contributed by atoms with E-state index in [2.05, 4.69) is 23.3 Å². The maximum Gasteiger partial charge on any atom is 0.250 e. The van der Waals surface area contributed by atoms with Crippen LogP contribution in [-0.2, 0) is 4.79 Å². The summed E-state index contributed by atoms with van der Waals surface area (Å²) in [5.74, 6) is 0.958. The van der Waals surface area contributed by atoms with Crippen molar-refractivity contribution in [3.05, 3.63) is 34.9 Å². The van der Waals surface area contributed by atoms with Gasteiger partial charge in [-0.15, -0.1) is 0 Å². The van der Waals surface area contributed by atoms with Crippen LogP contribution in [0.15, 0.2) is 23.2 Å². The monoisotopic (exact) mass is 230 g/mol. The summed E-state index contributed by atoms with van der Waals surface area (Å²) in [6, 6.07) is 5.92. The van der Waals surface area contributed by atoms with Gasteiger partial charge < -0.3 is 5.32 Å². The molecule has 0 fully saturated rings. The topological polar surface area (TPSA) is 41.5 Å². The van der Waals surface area contributed by atoms with E-state index in [0.29, 0.717) is 5.84 Å². The molecule has 1 aliphatic rings. The Morgan fingerprint density at radius 2 is 2.00 bits per heavy atom. The second kappa shape index (κ2) is 4.32. The Balaban J connectivity index is 2.36. The summed E-state index contributed by atoms with van der Waals surface area (Å²) < 4.78 is 0. The fraction of sp³-hybridized carbons (Fsp3) is 0.429. The predicted molar refractivity (Wildman–Crippen MR) is 69.2 cm³/mol. The summed E-state index contributed by atoms with van der Waals surface area (Å²) in [5.41, 5.74) is 3.39. The highest BCUT2D eigenvalue weighted by molar-refractivity contribution is 6.14. The molecule has 1 amide bonds. The Labute approximate surface area is 102 Å². The molecule has 0 aliphatic carbocycles. The minimum absolute atomic E-state index is 0.00924. The quantitative estimate of drug-likeness (QED) is 0.831. The first-order valence-electron chi connectivity index (χ1n) is 5.95. The molecule has 0 radical (unpaired) electrons. The number of benzene rings is 1. The van der Waals surface area contributed by atoms with Crippen molar-refractivity contribution in [3.63, 3.8) is 0 Å². The number of carbonyl (C=O) groups is 1. The van der Waals surface area contributed by atoms with Gasteiger partial charge in [-0.1, -0.05) is 37.6 Å². The molecule has 1 atom stereocenters. The van der Waals surface area contributed by atoms with Gasteiger partial charge in [-0.2, -0.15) is 0 Å². The van der Waals surface area contributed by atoms with Crippen molar-refractivity contribution in [1.82, 2.24) is 5.32 Å². The number of aryl methyl sites for hydroxylation is 2. The van der Waals surface area contributed by atoms with Gasteiger partial charge in [0.15, 0.2) is 0 Å². The van der Waals surface area contributed by atoms with Crippen LogP contribution >= 0.6 is 0 Å². The van der Waals surface area contributed by atoms with E-state index in [4.69, 9.17) is 0 Å². The molecule has 0 saturated heterocycles. The molecule has 3 heteroatoms. The standard InChI is InChI=1S/C14H18N2O/c1-8(2)12-14(17)16-13(15-12)11-6-5-9(3)7-10(11)4/h5-8,12H,1-4H3,(H,15,16,17). The molecule has 1 aliphatic heterocycles. The van der Waals surface area contributed by atoms with Gasteiger partial charge in [0.2, 0.25) is 0 Å². The SMILES string of the molecule is Cc1ccc(C2=NC(C(C)C)C(=O)N2)c(C)c1. The van der Waals surface area contributed by atoms with Crippen LogP contribution in [0, 0.1) is 19.8 Å². The molecule has 1 N–H and O–H groups in total. The third-order valence-corrected chi connectivity index (χ3v) is 3.05. The second-order valence-electron chi connectivity index (χ2n) is 4.97. The van der Waals surface area contributed by atoms with E-state index in [-0.39, 0.29) is 17.9 Å². The van der Waals surface area contributed by atoms with Crippen LogP contribution in [-0.4, -0.2) is 17.8 Å². The van der Waals surface area contributed by atoms with Crippen molar-refractivity contribution in [2.75, 3.05) is 0 Å². The molecule has 0 aromatic heterocycles. The average molecular weight is 230 g/mol. The fourth-order valence-electron chi connectivity index (χ4n) is 2.09. The van der Waals surface area contributed by atoms with Gasteiger partial charge in [0.1, 0.15) is 11.9 Å². The van der Waals surface area contributed by atoms with Crippen molar-refractivity contribution in [2.24, 2.45) is 10.9 Å². The average Bonchev–Trinajstić information content (AvgIpc) is 2.60. The zero-order valence-electron chi connectivity index (χ0n) is 10.7. The van der Waals surface area contributed by atoms with Crippen molar-refractivity contribution in [2.45, 2.75) is 33.7 Å². The van der Waals surface area contributed by atoms with Crippen LogP contribution in [0.4, 0.5) is 0 Å². The highest BCUT2D eigenvalue weighted by Crippen LogP contribution is 2.17. The number of rotatable bonds is 2. The fourth-order valence-corrected chi connectivity index (χ4v) is 2.09. The Hall–Kier alpha value is -1.64. The van der Waals surface area contributed by atoms with E-state index in [9.17, 15) is 4.79 Å². The number of hydrogen-bond donors (Lipinski definition) is 1. The Morgan fingerprint density at radius 3 is 2.53 bits per heavy atom. The summed E-state index contributed by atoms with van der Waals surface area (Å²) >= 11 is 0. The van der Waals surface area contributed by atoms with Crippen LogP contribution in [0.5, 0.6) is 0 Å². The summed E-state index contributed by atoms with van der Waals surface area (Å²) in [6.45, 7) is 8.12. The second-order valence-corrected chi connectivity index (χ2v) is 4.97. The number of hydrogen-bond acceptors (Lipinski definition) is 2. The third kappa shape index (κ3) is 2.23. The normalized spacial score (nSPS) is 19.5. The largest absolute Gasteiger partial charge is 0.309 e. The summed E-state index contributed by atoms with van der Waals surface area (Å²) in [5, 5.41) is 2.87. The van der Waals surface area contributed by atoms with Crippen LogP contribution < -0.4 is 5.32 Å². The van der Waals surface area contributed by atoms with E-state index >= 15 is 0 Å². The lowest BCUT2D eigenvalue weighted by atomic mass is 10.1. The molecule has 1 unspecified atom stereocenters. The van der Waals surface area contributed by atoms with Crippen LogP contribution in [0.3, 0.4) is 0 Å². The van der Waals surface area contributed by atoms with Crippen molar-refractivity contribution in [1.29, 1.82) is 0 Å². The lowest BCUT2D eigenvalue weighted by Crippen LogP contribution is -2.31. The first-order chi connectivity index (χ1) is 7.99. The molecule has 1 aromatic carbocycles. The maximum absolute atomic E-state index is 11.8. The van der Waals surface area contributed by atoms with Gasteiger partial charge in [-0.25, -0.2) is 0 Å². The van der Waals surface area contributed by atoms with Crippen LogP contribution in [0.1, 0.15) is 30.5 Å². The van der Waals surface area contributed by atoms with Crippen LogP contribution in [0.25, 0.3) is 0 Å². The number of nitrogens with zero attached hydrogens (tertiary/aromatic N) is 1. The van der Waals surface area contributed by atoms with Gasteiger partial charge in [0.25, 0.3) is 5.91 Å². The molecule has 3 nitrogen and oxygen atoms in total. The number of aliphatic imine (C=N–C) groups is 1. The van der Waals surface area contributed by atoms with Crippen molar-refractivity contribution >= 4 is 11.7 Å². The molecular weight excluding hydrogens is 212 g/mol. The first-order valence-corrected chi connectivity index (χ1v) is 5.95. The molecule has 1 aromatic rings. The Morgan fingerprint density at radius 1 is 1.29 bits per heavy atom. The Kier molecular flexibility index (Phi) is 3.01. The van der Waals surface area contributed by atoms with Gasteiger partial charge >= 0.3 is 0 Å². The van der Waals surface area contributed by atoms with Gasteiger partial charge in [0.05, 0.1) is 0 Å².